The third-order valence-corrected chi connectivity index (χ3v) is 2.45. The molecule has 0 unspecified atom stereocenters. The zero-order valence-electron chi connectivity index (χ0n) is 9.99. The van der Waals surface area contributed by atoms with Crippen LogP contribution in [0.5, 0.6) is 0 Å². The maximum absolute atomic E-state index is 10.1. The maximum atomic E-state index is 10.1. The quantitative estimate of drug-likeness (QED) is 0.794. The second-order valence-corrected chi connectivity index (χ2v) is 4.47. The molecule has 0 aliphatic rings. The van der Waals surface area contributed by atoms with Gasteiger partial charge in [-0.05, 0) is 19.4 Å². The zero-order chi connectivity index (χ0) is 11.4. The highest BCUT2D eigenvalue weighted by atomic mass is 16.3. The normalized spacial score (nSPS) is 15.3. The molecule has 0 saturated heterocycles. The van der Waals surface area contributed by atoms with Gasteiger partial charge >= 0.3 is 0 Å². The van der Waals surface area contributed by atoms with E-state index in [2.05, 4.69) is 19.2 Å². The smallest absolute Gasteiger partial charge is 0.0940 e. The van der Waals surface area contributed by atoms with Crippen molar-refractivity contribution < 1.29 is 5.11 Å². The molecule has 0 radical (unpaired) electrons. The Bertz CT molecular complexity index is 309. The Hall–Kier alpha value is -0.860. The van der Waals surface area contributed by atoms with Gasteiger partial charge in [0.05, 0.1) is 6.10 Å². The van der Waals surface area contributed by atoms with Crippen LogP contribution in [0, 0.1) is 6.92 Å². The third kappa shape index (κ3) is 3.65. The number of rotatable bonds is 4. The van der Waals surface area contributed by atoms with Crippen molar-refractivity contribution in [2.24, 2.45) is 0 Å². The number of aliphatic hydroxyl groups excluding tert-OH is 1. The number of benzene rings is 1. The first-order chi connectivity index (χ1) is 7.00. The fraction of sp³-hybridized carbons (Fsp3) is 0.538. The largest absolute Gasteiger partial charge is 0.387 e. The van der Waals surface area contributed by atoms with Crippen LogP contribution in [0.1, 0.15) is 38.0 Å². The molecule has 1 aromatic rings. The molecule has 0 spiro atoms. The molecule has 2 atom stereocenters. The zero-order valence-corrected chi connectivity index (χ0v) is 9.99. The van der Waals surface area contributed by atoms with Crippen molar-refractivity contribution in [2.75, 3.05) is 0 Å². The summed E-state index contributed by atoms with van der Waals surface area (Å²) in [7, 11) is 0. The number of aryl methyl sites for hydroxylation is 1. The van der Waals surface area contributed by atoms with Gasteiger partial charge in [-0.25, -0.2) is 0 Å². The van der Waals surface area contributed by atoms with Crippen LogP contribution in [0.15, 0.2) is 24.3 Å². The average molecular weight is 207 g/mol. The van der Waals surface area contributed by atoms with Gasteiger partial charge in [0.2, 0.25) is 0 Å². The SMILES string of the molecule is Cc1cccc([C@H](O)[C@H](C)NC(C)C)c1. The average Bonchev–Trinajstić information content (AvgIpc) is 2.15. The minimum atomic E-state index is -0.438. The summed E-state index contributed by atoms with van der Waals surface area (Å²) in [5.74, 6) is 0. The van der Waals surface area contributed by atoms with E-state index < -0.39 is 6.10 Å². The molecule has 0 aromatic heterocycles. The van der Waals surface area contributed by atoms with Crippen molar-refractivity contribution in [3.8, 4) is 0 Å². The Morgan fingerprint density at radius 1 is 1.20 bits per heavy atom. The van der Waals surface area contributed by atoms with E-state index in [9.17, 15) is 5.11 Å². The van der Waals surface area contributed by atoms with E-state index in [1.807, 2.05) is 38.1 Å². The lowest BCUT2D eigenvalue weighted by molar-refractivity contribution is 0.131. The molecule has 1 aromatic carbocycles. The second-order valence-electron chi connectivity index (χ2n) is 4.47. The van der Waals surface area contributed by atoms with Crippen LogP contribution in [-0.2, 0) is 0 Å². The summed E-state index contributed by atoms with van der Waals surface area (Å²) in [6.45, 7) is 8.21. The Kier molecular flexibility index (Phi) is 4.30. The van der Waals surface area contributed by atoms with Crippen molar-refractivity contribution in [1.29, 1.82) is 0 Å². The highest BCUT2D eigenvalue weighted by Crippen LogP contribution is 2.17. The molecule has 84 valence electrons. The van der Waals surface area contributed by atoms with Crippen LogP contribution >= 0.6 is 0 Å². The monoisotopic (exact) mass is 207 g/mol. The van der Waals surface area contributed by atoms with Gasteiger partial charge in [-0.15, -0.1) is 0 Å². The molecular formula is C13H21NO. The summed E-state index contributed by atoms with van der Waals surface area (Å²) in [5.41, 5.74) is 2.17. The summed E-state index contributed by atoms with van der Waals surface area (Å²) in [6.07, 6.45) is -0.438. The van der Waals surface area contributed by atoms with Crippen LogP contribution in [0.2, 0.25) is 0 Å². The molecule has 1 rings (SSSR count). The van der Waals surface area contributed by atoms with Gasteiger partial charge in [-0.1, -0.05) is 43.7 Å². The van der Waals surface area contributed by atoms with Crippen molar-refractivity contribution in [3.63, 3.8) is 0 Å². The van der Waals surface area contributed by atoms with Gasteiger partial charge in [0.1, 0.15) is 0 Å². The predicted octanol–water partition coefficient (Wildman–Crippen LogP) is 2.41. The molecule has 15 heavy (non-hydrogen) atoms. The highest BCUT2D eigenvalue weighted by Gasteiger charge is 2.16. The molecule has 2 nitrogen and oxygen atoms in total. The highest BCUT2D eigenvalue weighted by molar-refractivity contribution is 5.24. The van der Waals surface area contributed by atoms with Gasteiger partial charge in [0.15, 0.2) is 0 Å². The fourth-order valence-electron chi connectivity index (χ4n) is 1.76. The van der Waals surface area contributed by atoms with Crippen molar-refractivity contribution in [1.82, 2.24) is 5.32 Å². The predicted molar refractivity (Wildman–Crippen MR) is 63.9 cm³/mol. The first-order valence-electron chi connectivity index (χ1n) is 5.51. The van der Waals surface area contributed by atoms with E-state index in [1.54, 1.807) is 0 Å². The molecular weight excluding hydrogens is 186 g/mol. The molecule has 2 heteroatoms. The van der Waals surface area contributed by atoms with Crippen molar-refractivity contribution in [3.05, 3.63) is 35.4 Å². The Labute approximate surface area is 92.3 Å². The van der Waals surface area contributed by atoms with Crippen LogP contribution in [-0.4, -0.2) is 17.2 Å². The topological polar surface area (TPSA) is 32.3 Å². The van der Waals surface area contributed by atoms with Gasteiger partial charge in [-0.2, -0.15) is 0 Å². The van der Waals surface area contributed by atoms with E-state index in [0.717, 1.165) is 5.56 Å². The van der Waals surface area contributed by atoms with E-state index in [0.29, 0.717) is 6.04 Å². The van der Waals surface area contributed by atoms with E-state index in [4.69, 9.17) is 0 Å². The fourth-order valence-corrected chi connectivity index (χ4v) is 1.76. The standard InChI is InChI=1S/C13H21NO/c1-9(2)14-11(4)13(15)12-7-5-6-10(3)8-12/h5-9,11,13-15H,1-4H3/t11-,13+/m0/s1. The van der Waals surface area contributed by atoms with Gasteiger partial charge < -0.3 is 10.4 Å². The summed E-state index contributed by atoms with van der Waals surface area (Å²) in [4.78, 5) is 0. The van der Waals surface area contributed by atoms with Crippen LogP contribution in [0.3, 0.4) is 0 Å². The van der Waals surface area contributed by atoms with E-state index >= 15 is 0 Å². The van der Waals surface area contributed by atoms with Crippen LogP contribution in [0.25, 0.3) is 0 Å². The van der Waals surface area contributed by atoms with E-state index in [1.165, 1.54) is 5.56 Å². The Morgan fingerprint density at radius 2 is 1.87 bits per heavy atom. The lowest BCUT2D eigenvalue weighted by Crippen LogP contribution is -2.36. The van der Waals surface area contributed by atoms with Crippen LogP contribution < -0.4 is 5.32 Å². The summed E-state index contributed by atoms with van der Waals surface area (Å²) >= 11 is 0. The summed E-state index contributed by atoms with van der Waals surface area (Å²) < 4.78 is 0. The Balaban J connectivity index is 2.71. The molecule has 2 N–H and O–H groups in total. The number of nitrogens with one attached hydrogen (secondary N) is 1. The van der Waals surface area contributed by atoms with Crippen molar-refractivity contribution >= 4 is 0 Å². The second kappa shape index (κ2) is 5.29. The minimum absolute atomic E-state index is 0.0757. The molecule has 0 bridgehead atoms. The lowest BCUT2D eigenvalue weighted by atomic mass is 10.0. The molecule has 0 aliphatic carbocycles. The lowest BCUT2D eigenvalue weighted by Gasteiger charge is -2.23. The van der Waals surface area contributed by atoms with E-state index in [-0.39, 0.29) is 6.04 Å². The molecule has 0 heterocycles. The van der Waals surface area contributed by atoms with Crippen molar-refractivity contribution in [2.45, 2.75) is 45.9 Å². The first-order valence-corrected chi connectivity index (χ1v) is 5.51. The minimum Gasteiger partial charge on any atom is -0.387 e. The summed E-state index contributed by atoms with van der Waals surface area (Å²) in [6, 6.07) is 8.48. The van der Waals surface area contributed by atoms with Gasteiger partial charge in [-0.3, -0.25) is 0 Å². The third-order valence-electron chi connectivity index (χ3n) is 2.45. The maximum Gasteiger partial charge on any atom is 0.0940 e. The Morgan fingerprint density at radius 3 is 2.40 bits per heavy atom. The molecule has 0 fully saturated rings. The molecule has 0 aliphatic heterocycles. The van der Waals surface area contributed by atoms with Crippen LogP contribution in [0.4, 0.5) is 0 Å². The number of hydrogen-bond acceptors (Lipinski definition) is 2. The number of hydrogen-bond donors (Lipinski definition) is 2. The van der Waals surface area contributed by atoms with Gasteiger partial charge in [0, 0.05) is 12.1 Å². The molecule has 0 amide bonds. The molecule has 0 saturated carbocycles. The first kappa shape index (κ1) is 12.2. The van der Waals surface area contributed by atoms with Gasteiger partial charge in [0.25, 0.3) is 0 Å². The summed E-state index contributed by atoms with van der Waals surface area (Å²) in [5, 5.41) is 13.4. The number of aliphatic hydroxyl groups is 1.